The molecule has 2 N–H and O–H groups in total. The van der Waals surface area contributed by atoms with Crippen LogP contribution in [0.2, 0.25) is 5.02 Å². The summed E-state index contributed by atoms with van der Waals surface area (Å²) in [5.74, 6) is 0.395. The maximum absolute atomic E-state index is 13.4. The Kier molecular flexibility index (Phi) is 5.68. The number of halogens is 1. The Balaban J connectivity index is 1.47. The van der Waals surface area contributed by atoms with Crippen molar-refractivity contribution < 1.29 is 4.79 Å². The molecule has 6 nitrogen and oxygen atoms in total. The summed E-state index contributed by atoms with van der Waals surface area (Å²) in [6, 6.07) is 7.87. The number of aryl methyl sites for hydroxylation is 2. The molecule has 2 fully saturated rings. The minimum absolute atomic E-state index is 0.0264. The van der Waals surface area contributed by atoms with E-state index in [2.05, 4.69) is 13.1 Å². The summed E-state index contributed by atoms with van der Waals surface area (Å²) >= 11 is 6.42. The van der Waals surface area contributed by atoms with Crippen LogP contribution in [0.15, 0.2) is 30.5 Å². The highest BCUT2D eigenvalue weighted by molar-refractivity contribution is 6.33. The number of aromatic nitrogens is 3. The topological polar surface area (TPSA) is 76.5 Å². The van der Waals surface area contributed by atoms with E-state index >= 15 is 0 Å². The van der Waals surface area contributed by atoms with E-state index in [0.717, 1.165) is 66.7 Å². The van der Waals surface area contributed by atoms with Gasteiger partial charge in [0.2, 0.25) is 0 Å². The van der Waals surface area contributed by atoms with Crippen molar-refractivity contribution in [3.05, 3.63) is 63.6 Å². The number of benzene rings is 1. The minimum Gasteiger partial charge on any atom is -0.330 e. The van der Waals surface area contributed by atoms with E-state index in [0.29, 0.717) is 23.0 Å². The molecule has 1 saturated heterocycles. The van der Waals surface area contributed by atoms with Crippen LogP contribution >= 0.6 is 11.6 Å². The standard InChI is InChI=1S/C25H30ClN5O/c1-15-6-9-19(20(26)11-15)25(32)30-10-4-3-5-22(30)21-13-23-28-24(16(2)14-31(23)29-21)17-7-8-18(27)12-17/h6,9,11,13-14,17-18,22H,3-5,7-8,10,12,27H2,1-2H3/t17?,18-,22-/m0/s1. The van der Waals surface area contributed by atoms with E-state index < -0.39 is 0 Å². The molecular weight excluding hydrogens is 422 g/mol. The van der Waals surface area contributed by atoms with E-state index in [-0.39, 0.29) is 18.0 Å². The van der Waals surface area contributed by atoms with Gasteiger partial charge in [-0.1, -0.05) is 17.7 Å². The highest BCUT2D eigenvalue weighted by Gasteiger charge is 2.32. The van der Waals surface area contributed by atoms with Gasteiger partial charge in [0, 0.05) is 30.8 Å². The van der Waals surface area contributed by atoms with Gasteiger partial charge in [-0.2, -0.15) is 5.10 Å². The molecule has 2 aromatic heterocycles. The molecule has 7 heteroatoms. The summed E-state index contributed by atoms with van der Waals surface area (Å²) in [4.78, 5) is 20.3. The van der Waals surface area contributed by atoms with Gasteiger partial charge in [-0.15, -0.1) is 0 Å². The van der Waals surface area contributed by atoms with E-state index in [9.17, 15) is 4.79 Å². The van der Waals surface area contributed by atoms with Crippen molar-refractivity contribution in [3.8, 4) is 0 Å². The Bertz CT molecular complexity index is 1170. The molecule has 1 amide bonds. The number of piperidine rings is 1. The van der Waals surface area contributed by atoms with Crippen molar-refractivity contribution in [2.45, 2.75) is 70.4 Å². The number of hydrogen-bond acceptors (Lipinski definition) is 4. The molecule has 3 atom stereocenters. The van der Waals surface area contributed by atoms with Crippen molar-refractivity contribution in [2.75, 3.05) is 6.54 Å². The van der Waals surface area contributed by atoms with Gasteiger partial charge in [0.25, 0.3) is 5.91 Å². The molecule has 3 aromatic rings. The molecule has 5 rings (SSSR count). The number of carbonyl (C=O) groups is 1. The minimum atomic E-state index is -0.0704. The number of nitrogens with zero attached hydrogens (tertiary/aromatic N) is 4. The molecule has 168 valence electrons. The molecular formula is C25H30ClN5O. The molecule has 1 unspecified atom stereocenters. The lowest BCUT2D eigenvalue weighted by atomic mass is 9.98. The first-order valence-corrected chi connectivity index (χ1v) is 12.0. The summed E-state index contributed by atoms with van der Waals surface area (Å²) in [5, 5.41) is 5.35. The Labute approximate surface area is 193 Å². The van der Waals surface area contributed by atoms with Gasteiger partial charge in [0.1, 0.15) is 0 Å². The second kappa shape index (κ2) is 8.49. The van der Waals surface area contributed by atoms with Crippen LogP contribution in [0.4, 0.5) is 0 Å². The smallest absolute Gasteiger partial charge is 0.255 e. The average molecular weight is 452 g/mol. The van der Waals surface area contributed by atoms with Crippen molar-refractivity contribution >= 4 is 23.2 Å². The Morgan fingerprint density at radius 2 is 2.00 bits per heavy atom. The fourth-order valence-electron chi connectivity index (χ4n) is 5.31. The Hall–Kier alpha value is -2.44. The largest absolute Gasteiger partial charge is 0.330 e. The SMILES string of the molecule is Cc1ccc(C(=O)N2CCCC[C@H]2c2cc3nc(C4CC[C@H](N)C4)c(C)cn3n2)c(Cl)c1. The lowest BCUT2D eigenvalue weighted by molar-refractivity contribution is 0.0606. The second-order valence-electron chi connectivity index (χ2n) is 9.44. The molecule has 1 aliphatic carbocycles. The number of rotatable bonds is 3. The number of hydrogen-bond donors (Lipinski definition) is 1. The van der Waals surface area contributed by atoms with Crippen LogP contribution in [-0.4, -0.2) is 38.0 Å². The zero-order valence-corrected chi connectivity index (χ0v) is 19.5. The van der Waals surface area contributed by atoms with Crippen molar-refractivity contribution in [1.29, 1.82) is 0 Å². The number of fused-ring (bicyclic) bond motifs is 1. The normalized spacial score (nSPS) is 23.8. The number of carbonyl (C=O) groups excluding carboxylic acids is 1. The van der Waals surface area contributed by atoms with Crippen LogP contribution in [-0.2, 0) is 0 Å². The fraction of sp³-hybridized carbons (Fsp3) is 0.480. The van der Waals surface area contributed by atoms with Gasteiger partial charge in [0.05, 0.1) is 28.0 Å². The molecule has 0 bridgehead atoms. The highest BCUT2D eigenvalue weighted by Crippen LogP contribution is 2.36. The van der Waals surface area contributed by atoms with Gasteiger partial charge in [-0.05, 0) is 75.6 Å². The monoisotopic (exact) mass is 451 g/mol. The maximum atomic E-state index is 13.4. The fourth-order valence-corrected chi connectivity index (χ4v) is 5.63. The molecule has 1 saturated carbocycles. The van der Waals surface area contributed by atoms with E-state index in [1.165, 1.54) is 0 Å². The van der Waals surface area contributed by atoms with E-state index in [1.54, 1.807) is 0 Å². The van der Waals surface area contributed by atoms with Gasteiger partial charge < -0.3 is 10.6 Å². The molecule has 1 aromatic carbocycles. The van der Waals surface area contributed by atoms with Crippen molar-refractivity contribution in [3.63, 3.8) is 0 Å². The van der Waals surface area contributed by atoms with Crippen LogP contribution in [0.3, 0.4) is 0 Å². The molecule has 0 radical (unpaired) electrons. The summed E-state index contributed by atoms with van der Waals surface area (Å²) in [6.07, 6.45) is 8.16. The Morgan fingerprint density at radius 1 is 1.16 bits per heavy atom. The van der Waals surface area contributed by atoms with Crippen LogP contribution in [0, 0.1) is 13.8 Å². The zero-order valence-electron chi connectivity index (χ0n) is 18.7. The molecule has 2 aliphatic rings. The third-order valence-corrected chi connectivity index (χ3v) is 7.32. The van der Waals surface area contributed by atoms with Gasteiger partial charge in [0.15, 0.2) is 5.65 Å². The first-order valence-electron chi connectivity index (χ1n) is 11.6. The summed E-state index contributed by atoms with van der Waals surface area (Å²) < 4.78 is 1.86. The third-order valence-electron chi connectivity index (χ3n) is 7.01. The summed E-state index contributed by atoms with van der Waals surface area (Å²) in [6.45, 7) is 4.78. The van der Waals surface area contributed by atoms with Gasteiger partial charge in [-0.25, -0.2) is 9.50 Å². The van der Waals surface area contributed by atoms with E-state index in [4.69, 9.17) is 27.4 Å². The number of amides is 1. The molecule has 32 heavy (non-hydrogen) atoms. The maximum Gasteiger partial charge on any atom is 0.255 e. The first-order chi connectivity index (χ1) is 15.4. The lowest BCUT2D eigenvalue weighted by Gasteiger charge is -2.35. The van der Waals surface area contributed by atoms with Crippen LogP contribution in [0.25, 0.3) is 5.65 Å². The molecule has 0 spiro atoms. The highest BCUT2D eigenvalue weighted by atomic mass is 35.5. The van der Waals surface area contributed by atoms with Crippen LogP contribution < -0.4 is 5.73 Å². The number of likely N-dealkylation sites (tertiary alicyclic amines) is 1. The Morgan fingerprint density at radius 3 is 2.75 bits per heavy atom. The lowest BCUT2D eigenvalue weighted by Crippen LogP contribution is -2.38. The summed E-state index contributed by atoms with van der Waals surface area (Å²) in [7, 11) is 0. The summed E-state index contributed by atoms with van der Waals surface area (Å²) in [5.41, 5.74) is 11.8. The molecule has 1 aliphatic heterocycles. The van der Waals surface area contributed by atoms with Gasteiger partial charge >= 0.3 is 0 Å². The van der Waals surface area contributed by atoms with E-state index in [1.807, 2.05) is 40.6 Å². The van der Waals surface area contributed by atoms with Crippen molar-refractivity contribution in [1.82, 2.24) is 19.5 Å². The second-order valence-corrected chi connectivity index (χ2v) is 9.85. The first kappa shape index (κ1) is 21.4. The average Bonchev–Trinajstić information content (AvgIpc) is 3.38. The third kappa shape index (κ3) is 3.90. The van der Waals surface area contributed by atoms with Gasteiger partial charge in [-0.3, -0.25) is 4.79 Å². The van der Waals surface area contributed by atoms with Crippen molar-refractivity contribution in [2.24, 2.45) is 5.73 Å². The predicted octanol–water partition coefficient (Wildman–Crippen LogP) is 4.96. The quantitative estimate of drug-likeness (QED) is 0.610. The predicted molar refractivity (Wildman–Crippen MR) is 126 cm³/mol. The molecule has 3 heterocycles. The zero-order chi connectivity index (χ0) is 22.4. The van der Waals surface area contributed by atoms with Crippen LogP contribution in [0.5, 0.6) is 0 Å². The number of nitrogens with two attached hydrogens (primary N) is 1. The van der Waals surface area contributed by atoms with Crippen LogP contribution in [0.1, 0.15) is 83.4 Å².